The molecule has 0 spiro atoms. The zero-order valence-electron chi connectivity index (χ0n) is 13.5. The molecule has 0 aliphatic rings. The standard InChI is InChI=1S/2C9H5Cl2NO.Be.Zn.2H/c2*10-6-4-7(11)9(13)8-5(6)2-1-3-12-8;;;;/h2*1-4,13H;;;;/q;;;+2;;/p-2. The van der Waals surface area contributed by atoms with Gasteiger partial charge in [0.2, 0.25) is 0 Å². The molecule has 0 N–H and O–H groups in total. The van der Waals surface area contributed by atoms with Gasteiger partial charge in [0.25, 0.3) is 0 Å². The Hall–Kier alpha value is -1.19. The Bertz CT molecular complexity index is 1040. The Morgan fingerprint density at radius 1 is 0.643 bits per heavy atom. The van der Waals surface area contributed by atoms with Crippen molar-refractivity contribution in [1.29, 1.82) is 0 Å². The van der Waals surface area contributed by atoms with E-state index in [9.17, 15) is 10.2 Å². The van der Waals surface area contributed by atoms with Gasteiger partial charge in [-0.1, -0.05) is 57.9 Å². The second-order valence-electron chi connectivity index (χ2n) is 5.14. The topological polar surface area (TPSA) is 71.9 Å². The largest absolute Gasteiger partial charge is 2.00 e. The summed E-state index contributed by atoms with van der Waals surface area (Å²) in [4.78, 5) is 7.84. The minimum absolute atomic E-state index is 0. The number of halogens is 4. The Morgan fingerprint density at radius 2 is 1.00 bits per heavy atom. The summed E-state index contributed by atoms with van der Waals surface area (Å²) in [6, 6.07) is 9.80. The SMILES string of the molecule is [BeH2].[O-]c1c(Cl)cc(Cl)c2cccnc12.[O-]c1c(Cl)cc(Cl)c2cccnc12.[Zn+2]. The van der Waals surface area contributed by atoms with E-state index < -0.39 is 0 Å². The Morgan fingerprint density at radius 3 is 1.36 bits per heavy atom. The van der Waals surface area contributed by atoms with Gasteiger partial charge in [-0.2, -0.15) is 0 Å². The van der Waals surface area contributed by atoms with Crippen LogP contribution in [-0.2, 0) is 19.5 Å². The van der Waals surface area contributed by atoms with Crippen molar-refractivity contribution in [3.63, 3.8) is 0 Å². The average Bonchev–Trinajstić information content (AvgIpc) is 2.65. The van der Waals surface area contributed by atoms with Crippen LogP contribution in [0.2, 0.25) is 20.1 Å². The molecule has 2 aromatic heterocycles. The van der Waals surface area contributed by atoms with Crippen LogP contribution in [0.15, 0.2) is 48.8 Å². The molecule has 28 heavy (non-hydrogen) atoms. The van der Waals surface area contributed by atoms with Crippen LogP contribution < -0.4 is 10.2 Å². The molecule has 136 valence electrons. The van der Waals surface area contributed by atoms with Crippen LogP contribution in [-0.4, -0.2) is 20.1 Å². The summed E-state index contributed by atoms with van der Waals surface area (Å²) in [5.41, 5.74) is 0.639. The first kappa shape index (κ1) is 24.8. The molecule has 10 heteroatoms. The second-order valence-corrected chi connectivity index (χ2v) is 6.77. The summed E-state index contributed by atoms with van der Waals surface area (Å²) in [5.74, 6) is -0.552. The predicted octanol–water partition coefficient (Wildman–Crippen LogP) is 4.31. The third kappa shape index (κ3) is 5.04. The first-order valence-corrected chi connectivity index (χ1v) is 8.71. The number of aromatic nitrogens is 2. The molecule has 0 aliphatic carbocycles. The summed E-state index contributed by atoms with van der Waals surface area (Å²) in [6.07, 6.45) is 3.08. The molecule has 0 fully saturated rings. The van der Waals surface area contributed by atoms with Gasteiger partial charge in [0.05, 0.1) is 21.1 Å². The predicted molar refractivity (Wildman–Crippen MR) is 111 cm³/mol. The molecule has 4 nitrogen and oxygen atoms in total. The van der Waals surface area contributed by atoms with Crippen molar-refractivity contribution in [1.82, 2.24) is 9.97 Å². The van der Waals surface area contributed by atoms with Crippen molar-refractivity contribution in [3.05, 3.63) is 68.9 Å². The van der Waals surface area contributed by atoms with Gasteiger partial charge in [-0.25, -0.2) is 0 Å². The molecule has 0 atom stereocenters. The summed E-state index contributed by atoms with van der Waals surface area (Å²) in [5, 5.41) is 25.2. The first-order valence-electron chi connectivity index (χ1n) is 7.19. The number of rotatable bonds is 0. The zero-order valence-corrected chi connectivity index (χ0v) is 19.5. The zero-order chi connectivity index (χ0) is 18.8. The molecule has 0 saturated carbocycles. The van der Waals surface area contributed by atoms with Crippen LogP contribution in [0.4, 0.5) is 0 Å². The summed E-state index contributed by atoms with van der Waals surface area (Å²) < 4.78 is 0. The number of hydrogen-bond donors (Lipinski definition) is 0. The molecular weight excluding hydrogens is 492 g/mol. The summed E-state index contributed by atoms with van der Waals surface area (Å²) in [6.45, 7) is 0. The normalized spacial score (nSPS) is 9.86. The molecule has 2 aromatic carbocycles. The molecule has 0 bridgehead atoms. The van der Waals surface area contributed by atoms with Crippen LogP contribution >= 0.6 is 46.4 Å². The second kappa shape index (κ2) is 10.5. The molecule has 4 aromatic rings. The van der Waals surface area contributed by atoms with Gasteiger partial charge in [-0.15, -0.1) is 0 Å². The number of benzene rings is 2. The molecule has 0 amide bonds. The number of hydrogen-bond acceptors (Lipinski definition) is 4. The molecular formula is C18H10BeCl4N2O2Zn. The van der Waals surface area contributed by atoms with Crippen LogP contribution in [0.5, 0.6) is 11.5 Å². The van der Waals surface area contributed by atoms with Crippen molar-refractivity contribution in [2.45, 2.75) is 0 Å². The third-order valence-corrected chi connectivity index (χ3v) is 4.69. The van der Waals surface area contributed by atoms with E-state index in [1.165, 1.54) is 24.5 Å². The van der Waals surface area contributed by atoms with Crippen molar-refractivity contribution < 1.29 is 29.7 Å². The van der Waals surface area contributed by atoms with E-state index in [0.717, 1.165) is 0 Å². The quantitative estimate of drug-likeness (QED) is 0.336. The maximum atomic E-state index is 11.4. The fraction of sp³-hybridized carbons (Fsp3) is 0. The van der Waals surface area contributed by atoms with Gasteiger partial charge in [0, 0.05) is 33.2 Å². The summed E-state index contributed by atoms with van der Waals surface area (Å²) in [7, 11) is 0. The Kier molecular flexibility index (Phi) is 9.36. The van der Waals surface area contributed by atoms with Crippen LogP contribution in [0.1, 0.15) is 0 Å². The fourth-order valence-electron chi connectivity index (χ4n) is 2.29. The van der Waals surface area contributed by atoms with E-state index >= 15 is 0 Å². The van der Waals surface area contributed by atoms with Gasteiger partial charge in [0.1, 0.15) is 0 Å². The molecule has 2 heterocycles. The van der Waals surface area contributed by atoms with Crippen LogP contribution in [0.25, 0.3) is 21.8 Å². The van der Waals surface area contributed by atoms with Crippen LogP contribution in [0, 0.1) is 0 Å². The van der Waals surface area contributed by atoms with Crippen molar-refractivity contribution in [3.8, 4) is 11.5 Å². The van der Waals surface area contributed by atoms with E-state index in [1.807, 2.05) is 0 Å². The number of nitrogens with zero attached hydrogens (tertiary/aromatic N) is 2. The van der Waals surface area contributed by atoms with E-state index in [2.05, 4.69) is 9.97 Å². The van der Waals surface area contributed by atoms with Crippen molar-refractivity contribution in [2.24, 2.45) is 0 Å². The van der Waals surface area contributed by atoms with Gasteiger partial charge in [0.15, 0.2) is 0 Å². The monoisotopic (exact) mass is 499 g/mol. The number of pyridine rings is 2. The molecule has 0 radical (unpaired) electrons. The smallest absolute Gasteiger partial charge is 0.870 e. The first-order chi connectivity index (χ1) is 12.4. The van der Waals surface area contributed by atoms with Crippen LogP contribution in [0.3, 0.4) is 0 Å². The maximum Gasteiger partial charge on any atom is 2.00 e. The van der Waals surface area contributed by atoms with Gasteiger partial charge in [-0.3, -0.25) is 9.97 Å². The average molecular weight is 503 g/mol. The minimum atomic E-state index is -0.276. The number of fused-ring (bicyclic) bond motifs is 2. The van der Waals surface area contributed by atoms with Crippen molar-refractivity contribution >= 4 is 78.3 Å². The molecule has 0 aliphatic heterocycles. The minimum Gasteiger partial charge on any atom is -0.870 e. The summed E-state index contributed by atoms with van der Waals surface area (Å²) >= 11 is 23.1. The Balaban J connectivity index is 0.000000261. The van der Waals surface area contributed by atoms with E-state index in [0.29, 0.717) is 31.9 Å². The van der Waals surface area contributed by atoms with Gasteiger partial charge in [-0.05, 0) is 36.4 Å². The molecule has 0 unspecified atom stereocenters. The third-order valence-electron chi connectivity index (χ3n) is 3.50. The van der Waals surface area contributed by atoms with Crippen molar-refractivity contribution in [2.75, 3.05) is 0 Å². The fourth-order valence-corrected chi connectivity index (χ4v) is 3.33. The van der Waals surface area contributed by atoms with E-state index in [-0.39, 0.29) is 51.1 Å². The van der Waals surface area contributed by atoms with Gasteiger partial charge < -0.3 is 10.2 Å². The Labute approximate surface area is 197 Å². The van der Waals surface area contributed by atoms with E-state index in [4.69, 9.17) is 46.4 Å². The van der Waals surface area contributed by atoms with E-state index in [1.54, 1.807) is 24.3 Å². The maximum absolute atomic E-state index is 11.4. The molecule has 0 saturated heterocycles. The van der Waals surface area contributed by atoms with Gasteiger partial charge >= 0.3 is 29.6 Å². The molecule has 4 rings (SSSR count).